The second kappa shape index (κ2) is 9.98. The second-order valence-corrected chi connectivity index (χ2v) is 9.25. The largest absolute Gasteiger partial charge is 0.465 e. The molecule has 0 aromatic heterocycles. The van der Waals surface area contributed by atoms with Crippen LogP contribution in [0.4, 0.5) is 0 Å². The van der Waals surface area contributed by atoms with E-state index in [0.29, 0.717) is 17.5 Å². The molecule has 0 spiro atoms. The summed E-state index contributed by atoms with van der Waals surface area (Å²) in [5, 5.41) is 0.705. The zero-order chi connectivity index (χ0) is 20.8. The van der Waals surface area contributed by atoms with Crippen molar-refractivity contribution in [2.24, 2.45) is 0 Å². The van der Waals surface area contributed by atoms with Crippen molar-refractivity contribution in [3.63, 3.8) is 0 Å². The lowest BCUT2D eigenvalue weighted by Gasteiger charge is -2.32. The third-order valence-corrected chi connectivity index (χ3v) is 7.21. The number of hydrogen-bond acceptors (Lipinski definition) is 3. The Morgan fingerprint density at radius 2 is 1.67 bits per heavy atom. The maximum Gasteiger partial charge on any atom is 0.316 e. The topological polar surface area (TPSA) is 29.5 Å². The van der Waals surface area contributed by atoms with Crippen molar-refractivity contribution >= 4 is 17.6 Å². The zero-order valence-electron chi connectivity index (χ0n) is 17.7. The highest BCUT2D eigenvalue weighted by Crippen LogP contribution is 2.42. The number of halogens is 1. The van der Waals surface area contributed by atoms with Crippen LogP contribution < -0.4 is 0 Å². The highest BCUT2D eigenvalue weighted by atomic mass is 35.5. The van der Waals surface area contributed by atoms with Crippen LogP contribution in [-0.2, 0) is 14.9 Å². The minimum absolute atomic E-state index is 0.0508. The minimum Gasteiger partial charge on any atom is -0.465 e. The van der Waals surface area contributed by atoms with Crippen LogP contribution in [0.25, 0.3) is 0 Å². The summed E-state index contributed by atoms with van der Waals surface area (Å²) < 4.78 is 5.80. The van der Waals surface area contributed by atoms with Crippen LogP contribution in [0.1, 0.15) is 62.0 Å². The quantitative estimate of drug-likeness (QED) is 0.404. The van der Waals surface area contributed by atoms with Crippen molar-refractivity contribution in [1.82, 2.24) is 4.90 Å². The maximum atomic E-state index is 13.0. The predicted molar refractivity (Wildman–Crippen MR) is 122 cm³/mol. The zero-order valence-corrected chi connectivity index (χ0v) is 18.4. The number of likely N-dealkylation sites (tertiary alicyclic amines) is 1. The Kier molecular flexibility index (Phi) is 7.12. The van der Waals surface area contributed by atoms with Crippen LogP contribution >= 0.6 is 11.6 Å². The van der Waals surface area contributed by atoms with Gasteiger partial charge in [0.15, 0.2) is 0 Å². The smallest absolute Gasteiger partial charge is 0.316 e. The SMILES string of the molecule is O=C(OCCCN1CCC(c2ccccc2)CC1)C1(c2ccc(Cl)cc2)CCCC1. The first-order chi connectivity index (χ1) is 14.7. The molecule has 0 unspecified atom stereocenters. The molecular weight excluding hydrogens is 394 g/mol. The molecule has 1 aliphatic heterocycles. The number of nitrogens with zero attached hydrogens (tertiary/aromatic N) is 1. The van der Waals surface area contributed by atoms with Crippen LogP contribution in [0.3, 0.4) is 0 Å². The fraction of sp³-hybridized carbons (Fsp3) is 0.500. The van der Waals surface area contributed by atoms with Crippen LogP contribution in [0, 0.1) is 0 Å². The summed E-state index contributed by atoms with van der Waals surface area (Å²) in [6.07, 6.45) is 7.23. The Labute approximate surface area is 185 Å². The van der Waals surface area contributed by atoms with Crippen LogP contribution in [-0.4, -0.2) is 37.1 Å². The molecular formula is C26H32ClNO2. The molecule has 0 N–H and O–H groups in total. The van der Waals surface area contributed by atoms with Gasteiger partial charge in [0.05, 0.1) is 12.0 Å². The molecule has 2 aromatic carbocycles. The van der Waals surface area contributed by atoms with E-state index in [1.165, 1.54) is 18.4 Å². The Morgan fingerprint density at radius 3 is 2.33 bits per heavy atom. The van der Waals surface area contributed by atoms with E-state index in [1.807, 2.05) is 24.3 Å². The van der Waals surface area contributed by atoms with Crippen LogP contribution in [0.2, 0.25) is 5.02 Å². The van der Waals surface area contributed by atoms with Gasteiger partial charge in [0.25, 0.3) is 0 Å². The van der Waals surface area contributed by atoms with Crippen molar-refractivity contribution in [3.8, 4) is 0 Å². The third kappa shape index (κ3) is 4.90. The lowest BCUT2D eigenvalue weighted by Crippen LogP contribution is -2.36. The van der Waals surface area contributed by atoms with E-state index in [4.69, 9.17) is 16.3 Å². The predicted octanol–water partition coefficient (Wildman–Crippen LogP) is 5.96. The fourth-order valence-electron chi connectivity index (χ4n) is 5.16. The molecule has 160 valence electrons. The van der Waals surface area contributed by atoms with Crippen LogP contribution in [0.5, 0.6) is 0 Å². The summed E-state index contributed by atoms with van der Waals surface area (Å²) in [6, 6.07) is 18.6. The molecule has 4 rings (SSSR count). The van der Waals surface area contributed by atoms with E-state index >= 15 is 0 Å². The van der Waals surface area contributed by atoms with Crippen molar-refractivity contribution in [1.29, 1.82) is 0 Å². The molecule has 3 nitrogen and oxygen atoms in total. The van der Waals surface area contributed by atoms with E-state index in [-0.39, 0.29) is 5.97 Å². The van der Waals surface area contributed by atoms with E-state index in [9.17, 15) is 4.79 Å². The molecule has 0 bridgehead atoms. The first-order valence-electron chi connectivity index (χ1n) is 11.4. The Hall–Kier alpha value is -1.84. The van der Waals surface area contributed by atoms with Gasteiger partial charge in [0, 0.05) is 11.6 Å². The molecule has 0 atom stereocenters. The normalized spacial score (nSPS) is 19.6. The summed E-state index contributed by atoms with van der Waals surface area (Å²) >= 11 is 6.04. The van der Waals surface area contributed by atoms with Gasteiger partial charge >= 0.3 is 5.97 Å². The van der Waals surface area contributed by atoms with Gasteiger partial charge in [-0.15, -0.1) is 0 Å². The number of ether oxygens (including phenoxy) is 1. The van der Waals surface area contributed by atoms with Gasteiger partial charge in [-0.1, -0.05) is 66.9 Å². The highest BCUT2D eigenvalue weighted by molar-refractivity contribution is 6.30. The molecule has 0 radical (unpaired) electrons. The Morgan fingerprint density at radius 1 is 1.00 bits per heavy atom. The van der Waals surface area contributed by atoms with E-state index in [2.05, 4.69) is 35.2 Å². The standard InChI is InChI=1S/C26H32ClNO2/c27-24-11-9-23(10-12-24)26(15-4-5-16-26)25(29)30-20-6-17-28-18-13-22(14-19-28)21-7-2-1-3-8-21/h1-3,7-12,22H,4-6,13-20H2. The summed E-state index contributed by atoms with van der Waals surface area (Å²) in [5.41, 5.74) is 2.05. The molecule has 30 heavy (non-hydrogen) atoms. The van der Waals surface area contributed by atoms with Crippen molar-refractivity contribution in [3.05, 3.63) is 70.7 Å². The molecule has 2 aliphatic rings. The monoisotopic (exact) mass is 425 g/mol. The second-order valence-electron chi connectivity index (χ2n) is 8.81. The van der Waals surface area contributed by atoms with E-state index in [0.717, 1.165) is 57.3 Å². The maximum absolute atomic E-state index is 13.0. The number of carbonyl (C=O) groups is 1. The van der Waals surface area contributed by atoms with Gasteiger partial charge in [-0.05, 0) is 74.4 Å². The van der Waals surface area contributed by atoms with Crippen molar-refractivity contribution < 1.29 is 9.53 Å². The first-order valence-corrected chi connectivity index (χ1v) is 11.8. The lowest BCUT2D eigenvalue weighted by molar-refractivity contribution is -0.150. The molecule has 0 amide bonds. The first kappa shape index (κ1) is 21.4. The van der Waals surface area contributed by atoms with Crippen molar-refractivity contribution in [2.75, 3.05) is 26.2 Å². The molecule has 2 fully saturated rings. The lowest BCUT2D eigenvalue weighted by atomic mass is 9.79. The number of rotatable bonds is 7. The number of hydrogen-bond donors (Lipinski definition) is 0. The molecule has 1 saturated heterocycles. The Bertz CT molecular complexity index is 807. The third-order valence-electron chi connectivity index (χ3n) is 6.96. The fourth-order valence-corrected chi connectivity index (χ4v) is 5.29. The molecule has 1 heterocycles. The van der Waals surface area contributed by atoms with Gasteiger partial charge < -0.3 is 9.64 Å². The van der Waals surface area contributed by atoms with Gasteiger partial charge in [-0.25, -0.2) is 0 Å². The number of piperidine rings is 1. The van der Waals surface area contributed by atoms with Gasteiger partial charge in [-0.3, -0.25) is 4.79 Å². The van der Waals surface area contributed by atoms with Crippen LogP contribution in [0.15, 0.2) is 54.6 Å². The number of esters is 1. The molecule has 1 aliphatic carbocycles. The van der Waals surface area contributed by atoms with E-state index < -0.39 is 5.41 Å². The summed E-state index contributed by atoms with van der Waals surface area (Å²) in [5.74, 6) is 0.631. The average molecular weight is 426 g/mol. The van der Waals surface area contributed by atoms with Crippen molar-refractivity contribution in [2.45, 2.75) is 56.3 Å². The number of benzene rings is 2. The molecule has 1 saturated carbocycles. The Balaban J connectivity index is 1.22. The van der Waals surface area contributed by atoms with E-state index in [1.54, 1.807) is 0 Å². The highest BCUT2D eigenvalue weighted by Gasteiger charge is 2.44. The molecule has 2 aromatic rings. The average Bonchev–Trinajstić information content (AvgIpc) is 3.29. The minimum atomic E-state index is -0.474. The summed E-state index contributed by atoms with van der Waals surface area (Å²) in [6.45, 7) is 3.76. The molecule has 4 heteroatoms. The van der Waals surface area contributed by atoms with Gasteiger partial charge in [0.2, 0.25) is 0 Å². The van der Waals surface area contributed by atoms with Gasteiger partial charge in [-0.2, -0.15) is 0 Å². The van der Waals surface area contributed by atoms with Gasteiger partial charge in [0.1, 0.15) is 0 Å². The summed E-state index contributed by atoms with van der Waals surface area (Å²) in [7, 11) is 0. The summed E-state index contributed by atoms with van der Waals surface area (Å²) in [4.78, 5) is 15.5. The number of carbonyl (C=O) groups excluding carboxylic acids is 1.